The molecule has 2 N–H and O–H groups in total. The van der Waals surface area contributed by atoms with E-state index in [1.807, 2.05) is 0 Å². The van der Waals surface area contributed by atoms with Gasteiger partial charge < -0.3 is 15.4 Å². The normalized spacial score (nSPS) is 12.5. The van der Waals surface area contributed by atoms with Gasteiger partial charge >= 0.3 is 6.18 Å². The average molecular weight is 371 g/mol. The van der Waals surface area contributed by atoms with Gasteiger partial charge in [-0.2, -0.15) is 13.2 Å². The minimum atomic E-state index is -4.51. The van der Waals surface area contributed by atoms with Crippen LogP contribution in [-0.4, -0.2) is 24.5 Å². The van der Waals surface area contributed by atoms with Crippen LogP contribution >= 0.6 is 0 Å². The Labute approximate surface area is 147 Å². The van der Waals surface area contributed by atoms with E-state index >= 15 is 0 Å². The zero-order valence-corrected chi connectivity index (χ0v) is 14.0. The summed E-state index contributed by atoms with van der Waals surface area (Å²) in [6.45, 7) is 2.19. The molecule has 1 aromatic heterocycles. The maximum absolute atomic E-state index is 14.1. The summed E-state index contributed by atoms with van der Waals surface area (Å²) >= 11 is 0. The summed E-state index contributed by atoms with van der Waals surface area (Å²) in [6.07, 6.45) is -3.91. The molecule has 0 aliphatic heterocycles. The lowest BCUT2D eigenvalue weighted by Crippen LogP contribution is -2.28. The molecule has 140 valence electrons. The van der Waals surface area contributed by atoms with Gasteiger partial charge in [-0.3, -0.25) is 4.79 Å². The molecule has 0 aliphatic carbocycles. The third kappa shape index (κ3) is 5.16. The number of halogens is 4. The predicted octanol–water partition coefficient (Wildman–Crippen LogP) is 3.83. The highest BCUT2D eigenvalue weighted by atomic mass is 19.4. The van der Waals surface area contributed by atoms with E-state index in [1.54, 1.807) is 14.0 Å². The monoisotopic (exact) mass is 371 g/mol. The van der Waals surface area contributed by atoms with Crippen molar-refractivity contribution in [3.8, 4) is 11.6 Å². The Morgan fingerprint density at radius 1 is 1.27 bits per heavy atom. The molecule has 1 heterocycles. The lowest BCUT2D eigenvalue weighted by atomic mass is 10.1. The Bertz CT molecular complexity index is 764. The number of aromatic nitrogens is 1. The Hall–Kier alpha value is -2.68. The molecule has 0 saturated heterocycles. The van der Waals surface area contributed by atoms with Gasteiger partial charge in [-0.1, -0.05) is 6.92 Å². The predicted molar refractivity (Wildman–Crippen MR) is 87.4 cm³/mol. The SMILES string of the molecule is CNCC(C)C(=O)Nc1ccc(Oc2ccc(C(F)(F)F)cn2)c(F)c1. The second-order valence-corrected chi connectivity index (χ2v) is 5.58. The van der Waals surface area contributed by atoms with Gasteiger partial charge in [0.15, 0.2) is 11.6 Å². The number of nitrogens with zero attached hydrogens (tertiary/aromatic N) is 1. The van der Waals surface area contributed by atoms with Crippen LogP contribution in [0.3, 0.4) is 0 Å². The molecule has 0 spiro atoms. The van der Waals surface area contributed by atoms with E-state index < -0.39 is 17.6 Å². The van der Waals surface area contributed by atoms with Crippen molar-refractivity contribution in [3.05, 3.63) is 47.9 Å². The number of hydrogen-bond donors (Lipinski definition) is 2. The third-order valence-electron chi connectivity index (χ3n) is 3.44. The van der Waals surface area contributed by atoms with Gasteiger partial charge in [0, 0.05) is 36.5 Å². The zero-order chi connectivity index (χ0) is 19.3. The fraction of sp³-hybridized carbons (Fsp3) is 0.294. The molecule has 1 amide bonds. The quantitative estimate of drug-likeness (QED) is 0.758. The molecule has 2 aromatic rings. The lowest BCUT2D eigenvalue weighted by Gasteiger charge is -2.13. The Morgan fingerprint density at radius 3 is 2.54 bits per heavy atom. The molecular weight excluding hydrogens is 354 g/mol. The average Bonchev–Trinajstić information content (AvgIpc) is 2.57. The molecule has 9 heteroatoms. The van der Waals surface area contributed by atoms with Crippen molar-refractivity contribution in [1.29, 1.82) is 0 Å². The number of rotatable bonds is 6. The van der Waals surface area contributed by atoms with E-state index in [2.05, 4.69) is 15.6 Å². The van der Waals surface area contributed by atoms with Gasteiger partial charge in [-0.25, -0.2) is 9.37 Å². The van der Waals surface area contributed by atoms with E-state index in [9.17, 15) is 22.4 Å². The molecule has 0 bridgehead atoms. The summed E-state index contributed by atoms with van der Waals surface area (Å²) in [7, 11) is 1.71. The number of carbonyl (C=O) groups is 1. The Kier molecular flexibility index (Phi) is 6.14. The highest BCUT2D eigenvalue weighted by molar-refractivity contribution is 5.92. The minimum absolute atomic E-state index is 0.184. The van der Waals surface area contributed by atoms with Crippen molar-refractivity contribution >= 4 is 11.6 Å². The van der Waals surface area contributed by atoms with Crippen molar-refractivity contribution in [3.63, 3.8) is 0 Å². The summed E-state index contributed by atoms with van der Waals surface area (Å²) in [5.41, 5.74) is -0.692. The van der Waals surface area contributed by atoms with Gasteiger partial charge in [0.1, 0.15) is 0 Å². The number of hydrogen-bond acceptors (Lipinski definition) is 4. The van der Waals surface area contributed by atoms with Gasteiger partial charge in [-0.15, -0.1) is 0 Å². The van der Waals surface area contributed by atoms with Crippen LogP contribution in [0.25, 0.3) is 0 Å². The lowest BCUT2D eigenvalue weighted by molar-refractivity contribution is -0.137. The Balaban J connectivity index is 2.06. The number of pyridine rings is 1. The fourth-order valence-electron chi connectivity index (χ4n) is 2.05. The summed E-state index contributed by atoms with van der Waals surface area (Å²) in [6, 6.07) is 5.53. The van der Waals surface area contributed by atoms with Crippen LogP contribution in [0.2, 0.25) is 0 Å². The summed E-state index contributed by atoms with van der Waals surface area (Å²) in [4.78, 5) is 15.4. The molecule has 0 saturated carbocycles. The van der Waals surface area contributed by atoms with E-state index in [4.69, 9.17) is 4.74 Å². The number of benzene rings is 1. The van der Waals surface area contributed by atoms with Crippen molar-refractivity contribution in [1.82, 2.24) is 10.3 Å². The van der Waals surface area contributed by atoms with Crippen LogP contribution in [-0.2, 0) is 11.0 Å². The van der Waals surface area contributed by atoms with Crippen molar-refractivity contribution < 1.29 is 27.1 Å². The molecule has 2 rings (SSSR count). The molecule has 0 fully saturated rings. The molecule has 26 heavy (non-hydrogen) atoms. The largest absolute Gasteiger partial charge is 0.436 e. The van der Waals surface area contributed by atoms with E-state index in [0.717, 1.165) is 18.2 Å². The summed E-state index contributed by atoms with van der Waals surface area (Å²) in [5.74, 6) is -1.78. The van der Waals surface area contributed by atoms with E-state index in [0.29, 0.717) is 12.7 Å². The molecule has 0 aliphatic rings. The molecular formula is C17H17F4N3O2. The smallest absolute Gasteiger partial charge is 0.417 e. The van der Waals surface area contributed by atoms with Gasteiger partial charge in [0.25, 0.3) is 0 Å². The molecule has 1 unspecified atom stereocenters. The second-order valence-electron chi connectivity index (χ2n) is 5.58. The Morgan fingerprint density at radius 2 is 2.00 bits per heavy atom. The van der Waals surface area contributed by atoms with Crippen molar-refractivity contribution in [2.75, 3.05) is 18.9 Å². The zero-order valence-electron chi connectivity index (χ0n) is 14.0. The van der Waals surface area contributed by atoms with Crippen LogP contribution in [0.5, 0.6) is 11.6 Å². The second kappa shape index (κ2) is 8.13. The number of nitrogens with one attached hydrogen (secondary N) is 2. The van der Waals surface area contributed by atoms with Crippen molar-refractivity contribution in [2.45, 2.75) is 13.1 Å². The topological polar surface area (TPSA) is 63.2 Å². The maximum atomic E-state index is 14.1. The standard InChI is InChI=1S/C17H17F4N3O2/c1-10(8-22-2)16(25)24-12-4-5-14(13(18)7-12)26-15-6-3-11(9-23-15)17(19,20)21/h3-7,9-10,22H,8H2,1-2H3,(H,24,25). The highest BCUT2D eigenvalue weighted by Crippen LogP contribution is 2.31. The van der Waals surface area contributed by atoms with Crippen LogP contribution in [0.15, 0.2) is 36.5 Å². The number of amides is 1. The number of ether oxygens (including phenoxy) is 1. The van der Waals surface area contributed by atoms with Gasteiger partial charge in [-0.05, 0) is 25.2 Å². The molecule has 5 nitrogen and oxygen atoms in total. The molecule has 1 atom stereocenters. The number of alkyl halides is 3. The van der Waals surface area contributed by atoms with E-state index in [-0.39, 0.29) is 29.1 Å². The van der Waals surface area contributed by atoms with Gasteiger partial charge in [0.2, 0.25) is 11.8 Å². The van der Waals surface area contributed by atoms with Crippen LogP contribution < -0.4 is 15.4 Å². The number of anilines is 1. The van der Waals surface area contributed by atoms with E-state index in [1.165, 1.54) is 12.1 Å². The fourth-order valence-corrected chi connectivity index (χ4v) is 2.05. The van der Waals surface area contributed by atoms with Crippen molar-refractivity contribution in [2.24, 2.45) is 5.92 Å². The van der Waals surface area contributed by atoms with Crippen LogP contribution in [0, 0.1) is 11.7 Å². The first kappa shape index (κ1) is 19.6. The third-order valence-corrected chi connectivity index (χ3v) is 3.44. The minimum Gasteiger partial charge on any atom is -0.436 e. The molecule has 1 aromatic carbocycles. The van der Waals surface area contributed by atoms with Crippen LogP contribution in [0.1, 0.15) is 12.5 Å². The first-order valence-electron chi connectivity index (χ1n) is 7.67. The number of carbonyl (C=O) groups excluding carboxylic acids is 1. The van der Waals surface area contributed by atoms with Crippen LogP contribution in [0.4, 0.5) is 23.2 Å². The van der Waals surface area contributed by atoms with Gasteiger partial charge in [0.05, 0.1) is 5.56 Å². The first-order chi connectivity index (χ1) is 12.2. The molecule has 0 radical (unpaired) electrons. The maximum Gasteiger partial charge on any atom is 0.417 e. The first-order valence-corrected chi connectivity index (χ1v) is 7.67. The summed E-state index contributed by atoms with van der Waals surface area (Å²) in [5, 5.41) is 5.43. The summed E-state index contributed by atoms with van der Waals surface area (Å²) < 4.78 is 56.7. The highest BCUT2D eigenvalue weighted by Gasteiger charge is 2.30.